The summed E-state index contributed by atoms with van der Waals surface area (Å²) in [5.41, 5.74) is 0. The number of fused-ring (bicyclic) bond motifs is 1. The van der Waals surface area contributed by atoms with E-state index in [1.54, 1.807) is 22.7 Å². The van der Waals surface area contributed by atoms with Gasteiger partial charge in [0.1, 0.15) is 0 Å². The molecule has 0 spiro atoms. The molecule has 0 N–H and O–H groups in total. The molecule has 9 heavy (non-hydrogen) atoms. The summed E-state index contributed by atoms with van der Waals surface area (Å²) < 4.78 is 1.32. The van der Waals surface area contributed by atoms with E-state index in [-0.39, 0.29) is 0 Å². The highest BCUT2D eigenvalue weighted by Gasteiger charge is 1.99. The molecule has 2 aromatic rings. The van der Waals surface area contributed by atoms with E-state index in [1.165, 1.54) is 9.40 Å². The van der Waals surface area contributed by atoms with E-state index in [9.17, 15) is 0 Å². The van der Waals surface area contributed by atoms with E-state index in [0.717, 1.165) is 5.02 Å². The maximum absolute atomic E-state index is 5.83. The van der Waals surface area contributed by atoms with Crippen LogP contribution in [0.5, 0.6) is 0 Å². The van der Waals surface area contributed by atoms with Crippen LogP contribution in [0.2, 0.25) is 5.02 Å². The van der Waals surface area contributed by atoms with Crippen molar-refractivity contribution in [2.75, 3.05) is 0 Å². The van der Waals surface area contributed by atoms with Gasteiger partial charge in [-0.2, -0.15) is 0 Å². The average Bonchev–Trinajstić information content (AvgIpc) is 2.35. The van der Waals surface area contributed by atoms with Crippen LogP contribution in [-0.2, 0) is 0 Å². The fourth-order valence-corrected chi connectivity index (χ4v) is 2.94. The van der Waals surface area contributed by atoms with Crippen molar-refractivity contribution in [2.45, 2.75) is 0 Å². The SMILES string of the molecule is Clc1csc2sccc12. The molecule has 2 aromatic heterocycles. The molecule has 2 heterocycles. The Morgan fingerprint density at radius 1 is 1.33 bits per heavy atom. The van der Waals surface area contributed by atoms with Crippen LogP contribution in [-0.4, -0.2) is 0 Å². The highest BCUT2D eigenvalue weighted by Crippen LogP contribution is 2.33. The first kappa shape index (κ1) is 5.71. The average molecular weight is 175 g/mol. The third-order valence-corrected chi connectivity index (χ3v) is 3.67. The maximum atomic E-state index is 5.83. The van der Waals surface area contributed by atoms with Gasteiger partial charge in [-0.15, -0.1) is 22.7 Å². The molecule has 0 aliphatic carbocycles. The summed E-state index contributed by atoms with van der Waals surface area (Å²) in [6, 6.07) is 2.05. The zero-order chi connectivity index (χ0) is 6.27. The van der Waals surface area contributed by atoms with Gasteiger partial charge in [-0.05, 0) is 11.4 Å². The predicted octanol–water partition coefficient (Wildman–Crippen LogP) is 3.62. The van der Waals surface area contributed by atoms with Gasteiger partial charge in [0.25, 0.3) is 0 Å². The van der Waals surface area contributed by atoms with Gasteiger partial charge in [0, 0.05) is 10.8 Å². The van der Waals surface area contributed by atoms with Gasteiger partial charge in [-0.1, -0.05) is 11.6 Å². The van der Waals surface area contributed by atoms with Crippen molar-refractivity contribution in [1.29, 1.82) is 0 Å². The van der Waals surface area contributed by atoms with Gasteiger partial charge in [0.2, 0.25) is 0 Å². The molecule has 2 rings (SSSR count). The second-order valence-corrected chi connectivity index (χ2v) is 4.17. The molecule has 0 aliphatic rings. The summed E-state index contributed by atoms with van der Waals surface area (Å²) in [6.45, 7) is 0. The monoisotopic (exact) mass is 174 g/mol. The lowest BCUT2D eigenvalue weighted by molar-refractivity contribution is 2.09. The zero-order valence-corrected chi connectivity index (χ0v) is 6.82. The third kappa shape index (κ3) is 0.784. The van der Waals surface area contributed by atoms with E-state index in [1.807, 2.05) is 5.38 Å². The van der Waals surface area contributed by atoms with Crippen molar-refractivity contribution in [1.82, 2.24) is 0 Å². The molecular formula is C6H3ClS2. The Labute approximate surface area is 65.7 Å². The standard InChI is InChI=1S/C6H3ClS2/c7-5-3-9-6-4(5)1-2-8-6/h1-3H. The lowest BCUT2D eigenvalue weighted by Gasteiger charge is -1.72. The Bertz CT molecular complexity index is 320. The van der Waals surface area contributed by atoms with Gasteiger partial charge in [0.15, 0.2) is 0 Å². The van der Waals surface area contributed by atoms with E-state index in [4.69, 9.17) is 11.6 Å². The fourth-order valence-electron chi connectivity index (χ4n) is 0.732. The minimum atomic E-state index is 0.885. The largest absolute Gasteiger partial charge is 0.133 e. The summed E-state index contributed by atoms with van der Waals surface area (Å²) in [5.74, 6) is 0. The molecule has 0 aromatic carbocycles. The second-order valence-electron chi connectivity index (χ2n) is 1.71. The topological polar surface area (TPSA) is 0 Å². The van der Waals surface area contributed by atoms with Crippen molar-refractivity contribution >= 4 is 43.7 Å². The summed E-state index contributed by atoms with van der Waals surface area (Å²) in [6.07, 6.45) is 0. The normalized spacial score (nSPS) is 10.8. The number of hydrogen-bond donors (Lipinski definition) is 0. The van der Waals surface area contributed by atoms with Gasteiger partial charge >= 0.3 is 0 Å². The van der Waals surface area contributed by atoms with Crippen LogP contribution in [0.15, 0.2) is 16.8 Å². The molecule has 0 nitrogen and oxygen atoms in total. The summed E-state index contributed by atoms with van der Waals surface area (Å²) in [5, 5.41) is 6.12. The number of thiophene rings is 2. The molecule has 0 radical (unpaired) electrons. The number of rotatable bonds is 0. The third-order valence-electron chi connectivity index (χ3n) is 1.16. The minimum absolute atomic E-state index is 0.885. The van der Waals surface area contributed by atoms with Crippen LogP contribution in [0.1, 0.15) is 0 Å². The smallest absolute Gasteiger partial charge is 0.0880 e. The van der Waals surface area contributed by atoms with Gasteiger partial charge < -0.3 is 0 Å². The van der Waals surface area contributed by atoms with Crippen molar-refractivity contribution in [3.63, 3.8) is 0 Å². The Balaban J connectivity index is 2.99. The Morgan fingerprint density at radius 2 is 2.22 bits per heavy atom. The van der Waals surface area contributed by atoms with Crippen LogP contribution in [0, 0.1) is 0 Å². The van der Waals surface area contributed by atoms with Crippen LogP contribution in [0.25, 0.3) is 9.40 Å². The zero-order valence-electron chi connectivity index (χ0n) is 4.43. The Kier molecular flexibility index (Phi) is 1.25. The first-order valence-electron chi connectivity index (χ1n) is 2.48. The second kappa shape index (κ2) is 1.97. The lowest BCUT2D eigenvalue weighted by Crippen LogP contribution is -1.46. The first-order chi connectivity index (χ1) is 4.38. The summed E-state index contributed by atoms with van der Waals surface area (Å²) in [4.78, 5) is 0. The molecule has 0 atom stereocenters. The molecule has 0 saturated heterocycles. The van der Waals surface area contributed by atoms with E-state index < -0.39 is 0 Å². The van der Waals surface area contributed by atoms with Gasteiger partial charge in [-0.25, -0.2) is 0 Å². The molecule has 0 aliphatic heterocycles. The van der Waals surface area contributed by atoms with E-state index in [2.05, 4.69) is 11.4 Å². The van der Waals surface area contributed by atoms with Gasteiger partial charge in [0.05, 0.1) is 9.04 Å². The van der Waals surface area contributed by atoms with Crippen LogP contribution < -0.4 is 0 Å². The highest BCUT2D eigenvalue weighted by molar-refractivity contribution is 7.37. The van der Waals surface area contributed by atoms with E-state index in [0.29, 0.717) is 0 Å². The van der Waals surface area contributed by atoms with Crippen LogP contribution >= 0.6 is 34.3 Å². The van der Waals surface area contributed by atoms with Crippen molar-refractivity contribution in [3.05, 3.63) is 21.8 Å². The molecule has 0 unspecified atom stereocenters. The molecule has 0 bridgehead atoms. The molecule has 0 amide bonds. The summed E-state index contributed by atoms with van der Waals surface area (Å²) >= 11 is 9.28. The molecule has 0 saturated carbocycles. The van der Waals surface area contributed by atoms with Crippen molar-refractivity contribution in [2.24, 2.45) is 0 Å². The van der Waals surface area contributed by atoms with E-state index >= 15 is 0 Å². The number of halogens is 1. The molecule has 46 valence electrons. The van der Waals surface area contributed by atoms with Crippen molar-refractivity contribution < 1.29 is 0 Å². The maximum Gasteiger partial charge on any atom is 0.0880 e. The molecule has 3 heteroatoms. The quantitative estimate of drug-likeness (QED) is 0.573. The molecular weight excluding hydrogens is 172 g/mol. The Hall–Kier alpha value is -0.0500. The van der Waals surface area contributed by atoms with Gasteiger partial charge in [-0.3, -0.25) is 0 Å². The van der Waals surface area contributed by atoms with Crippen molar-refractivity contribution in [3.8, 4) is 0 Å². The highest BCUT2D eigenvalue weighted by atomic mass is 35.5. The number of hydrogen-bond acceptors (Lipinski definition) is 2. The minimum Gasteiger partial charge on any atom is -0.133 e. The predicted molar refractivity (Wildman–Crippen MR) is 44.7 cm³/mol. The first-order valence-corrected chi connectivity index (χ1v) is 4.62. The summed E-state index contributed by atoms with van der Waals surface area (Å²) in [7, 11) is 0. The lowest BCUT2D eigenvalue weighted by atomic mass is 10.4. The Morgan fingerprint density at radius 3 is 3.00 bits per heavy atom. The molecule has 0 fully saturated rings. The fraction of sp³-hybridized carbons (Fsp3) is 0. The van der Waals surface area contributed by atoms with Crippen LogP contribution in [0.3, 0.4) is 0 Å². The van der Waals surface area contributed by atoms with Crippen LogP contribution in [0.4, 0.5) is 0 Å².